The number of hydrogen-bond acceptors (Lipinski definition) is 2. The van der Waals surface area contributed by atoms with Gasteiger partial charge in [-0.2, -0.15) is 0 Å². The maximum atomic E-state index is 11.3. The molecule has 0 radical (unpaired) electrons. The summed E-state index contributed by atoms with van der Waals surface area (Å²) >= 11 is 0. The van der Waals surface area contributed by atoms with E-state index in [1.807, 2.05) is 6.92 Å². The zero-order chi connectivity index (χ0) is 12.9. The Kier molecular flexibility index (Phi) is 11.5. The number of unbranched alkanes of at least 4 members (excludes halogenated alkanes) is 7. The average molecular weight is 242 g/mol. The highest BCUT2D eigenvalue weighted by Gasteiger charge is 2.03. The number of hydrogen-bond donors (Lipinski definition) is 2. The van der Waals surface area contributed by atoms with Gasteiger partial charge >= 0.3 is 0 Å². The van der Waals surface area contributed by atoms with Crippen LogP contribution in [0.25, 0.3) is 0 Å². The fourth-order valence-corrected chi connectivity index (χ4v) is 1.85. The Hall–Kier alpha value is -0.570. The Bertz CT molecular complexity index is 181. The molecule has 0 saturated heterocycles. The Morgan fingerprint density at radius 2 is 1.59 bits per heavy atom. The van der Waals surface area contributed by atoms with E-state index in [-0.39, 0.29) is 11.9 Å². The molecule has 0 aromatic carbocycles. The molecule has 0 aliphatic heterocycles. The van der Waals surface area contributed by atoms with Gasteiger partial charge in [0.25, 0.3) is 0 Å². The molecule has 0 saturated carbocycles. The van der Waals surface area contributed by atoms with Gasteiger partial charge < -0.3 is 11.1 Å². The summed E-state index contributed by atoms with van der Waals surface area (Å²) in [6.45, 7) is 4.90. The van der Waals surface area contributed by atoms with Crippen molar-refractivity contribution < 1.29 is 4.79 Å². The second-order valence-corrected chi connectivity index (χ2v) is 5.01. The predicted octanol–water partition coefficient (Wildman–Crippen LogP) is 2.98. The summed E-state index contributed by atoms with van der Waals surface area (Å²) in [4.78, 5) is 11.3. The van der Waals surface area contributed by atoms with Gasteiger partial charge in [-0.3, -0.25) is 4.79 Å². The van der Waals surface area contributed by atoms with E-state index < -0.39 is 0 Å². The maximum absolute atomic E-state index is 11.3. The lowest BCUT2D eigenvalue weighted by Crippen LogP contribution is -2.30. The topological polar surface area (TPSA) is 55.1 Å². The van der Waals surface area contributed by atoms with Crippen LogP contribution in [0.15, 0.2) is 0 Å². The van der Waals surface area contributed by atoms with E-state index in [0.717, 1.165) is 13.0 Å². The predicted molar refractivity (Wildman–Crippen MR) is 73.9 cm³/mol. The van der Waals surface area contributed by atoms with Crippen LogP contribution in [0.3, 0.4) is 0 Å². The molecule has 0 bridgehead atoms. The lowest BCUT2D eigenvalue weighted by Gasteiger charge is -2.07. The van der Waals surface area contributed by atoms with Crippen molar-refractivity contribution >= 4 is 5.91 Å². The SMILES string of the molecule is CCCCCCCCCCNC(=O)CC(C)N. The summed E-state index contributed by atoms with van der Waals surface area (Å²) in [7, 11) is 0. The second kappa shape index (κ2) is 11.9. The van der Waals surface area contributed by atoms with Crippen molar-refractivity contribution in [3.05, 3.63) is 0 Å². The number of carbonyl (C=O) groups excluding carboxylic acids is 1. The Labute approximate surface area is 107 Å². The molecule has 3 nitrogen and oxygen atoms in total. The molecule has 0 aliphatic rings. The van der Waals surface area contributed by atoms with E-state index in [0.29, 0.717) is 6.42 Å². The maximum Gasteiger partial charge on any atom is 0.221 e. The van der Waals surface area contributed by atoms with Gasteiger partial charge in [-0.15, -0.1) is 0 Å². The van der Waals surface area contributed by atoms with Crippen LogP contribution < -0.4 is 11.1 Å². The van der Waals surface area contributed by atoms with Crippen molar-refractivity contribution in [2.24, 2.45) is 5.73 Å². The molecular weight excluding hydrogens is 212 g/mol. The van der Waals surface area contributed by atoms with Gasteiger partial charge in [-0.05, 0) is 13.3 Å². The fraction of sp³-hybridized carbons (Fsp3) is 0.929. The zero-order valence-corrected chi connectivity index (χ0v) is 11.6. The minimum atomic E-state index is -0.0337. The number of carbonyl (C=O) groups is 1. The van der Waals surface area contributed by atoms with Gasteiger partial charge in [0.1, 0.15) is 0 Å². The zero-order valence-electron chi connectivity index (χ0n) is 11.6. The Balaban J connectivity index is 3.10. The van der Waals surface area contributed by atoms with Gasteiger partial charge in [0.05, 0.1) is 0 Å². The molecule has 0 aromatic rings. The summed E-state index contributed by atoms with van der Waals surface area (Å²) in [6.07, 6.45) is 10.8. The van der Waals surface area contributed by atoms with Crippen LogP contribution in [0.2, 0.25) is 0 Å². The molecule has 0 fully saturated rings. The van der Waals surface area contributed by atoms with Gasteiger partial charge in [0, 0.05) is 19.0 Å². The summed E-state index contributed by atoms with van der Waals surface area (Å²) in [6, 6.07) is -0.0337. The van der Waals surface area contributed by atoms with E-state index in [9.17, 15) is 4.79 Å². The monoisotopic (exact) mass is 242 g/mol. The lowest BCUT2D eigenvalue weighted by molar-refractivity contribution is -0.121. The highest BCUT2D eigenvalue weighted by Crippen LogP contribution is 2.07. The smallest absolute Gasteiger partial charge is 0.221 e. The minimum Gasteiger partial charge on any atom is -0.356 e. The molecule has 17 heavy (non-hydrogen) atoms. The largest absolute Gasteiger partial charge is 0.356 e. The molecule has 0 aliphatic carbocycles. The van der Waals surface area contributed by atoms with Crippen molar-refractivity contribution in [1.29, 1.82) is 0 Å². The molecule has 102 valence electrons. The standard InChI is InChI=1S/C14H30N2O/c1-3-4-5-6-7-8-9-10-11-16-14(17)12-13(2)15/h13H,3-12,15H2,1-2H3,(H,16,17). The first-order valence-electron chi connectivity index (χ1n) is 7.19. The average Bonchev–Trinajstić information content (AvgIpc) is 2.26. The van der Waals surface area contributed by atoms with Crippen LogP contribution in [0.1, 0.15) is 71.6 Å². The van der Waals surface area contributed by atoms with Crippen molar-refractivity contribution in [2.45, 2.75) is 77.7 Å². The van der Waals surface area contributed by atoms with E-state index in [2.05, 4.69) is 12.2 Å². The summed E-state index contributed by atoms with van der Waals surface area (Å²) in [5.74, 6) is 0.0861. The quantitative estimate of drug-likeness (QED) is 0.547. The molecule has 0 spiro atoms. The summed E-state index contributed by atoms with van der Waals surface area (Å²) in [5.41, 5.74) is 5.54. The lowest BCUT2D eigenvalue weighted by atomic mass is 10.1. The first-order chi connectivity index (χ1) is 8.16. The van der Waals surface area contributed by atoms with E-state index in [4.69, 9.17) is 5.73 Å². The second-order valence-electron chi connectivity index (χ2n) is 5.01. The Morgan fingerprint density at radius 1 is 1.06 bits per heavy atom. The van der Waals surface area contributed by atoms with Gasteiger partial charge in [-0.1, -0.05) is 51.9 Å². The van der Waals surface area contributed by atoms with Gasteiger partial charge in [0.2, 0.25) is 5.91 Å². The molecule has 3 N–H and O–H groups in total. The first-order valence-corrected chi connectivity index (χ1v) is 7.19. The molecule has 0 rings (SSSR count). The van der Waals surface area contributed by atoms with Crippen LogP contribution in [-0.4, -0.2) is 18.5 Å². The number of nitrogens with two attached hydrogens (primary N) is 1. The Morgan fingerprint density at radius 3 is 2.12 bits per heavy atom. The molecule has 1 amide bonds. The molecule has 0 aromatic heterocycles. The highest BCUT2D eigenvalue weighted by molar-refractivity contribution is 5.76. The van der Waals surface area contributed by atoms with Crippen LogP contribution in [0.5, 0.6) is 0 Å². The third-order valence-electron chi connectivity index (χ3n) is 2.86. The highest BCUT2D eigenvalue weighted by atomic mass is 16.1. The summed E-state index contributed by atoms with van der Waals surface area (Å²) in [5, 5.41) is 2.91. The van der Waals surface area contributed by atoms with Crippen molar-refractivity contribution in [3.63, 3.8) is 0 Å². The first kappa shape index (κ1) is 16.4. The third kappa shape index (κ3) is 13.4. The summed E-state index contributed by atoms with van der Waals surface area (Å²) < 4.78 is 0. The van der Waals surface area contributed by atoms with Crippen LogP contribution in [0, 0.1) is 0 Å². The van der Waals surface area contributed by atoms with Gasteiger partial charge in [0.15, 0.2) is 0 Å². The van der Waals surface area contributed by atoms with E-state index >= 15 is 0 Å². The van der Waals surface area contributed by atoms with Crippen LogP contribution in [-0.2, 0) is 4.79 Å². The van der Waals surface area contributed by atoms with Crippen molar-refractivity contribution in [3.8, 4) is 0 Å². The van der Waals surface area contributed by atoms with Crippen LogP contribution in [0.4, 0.5) is 0 Å². The fourth-order valence-electron chi connectivity index (χ4n) is 1.85. The van der Waals surface area contributed by atoms with Crippen molar-refractivity contribution in [2.75, 3.05) is 6.54 Å². The van der Waals surface area contributed by atoms with E-state index in [1.165, 1.54) is 44.9 Å². The van der Waals surface area contributed by atoms with E-state index in [1.54, 1.807) is 0 Å². The molecule has 1 atom stereocenters. The number of amides is 1. The van der Waals surface area contributed by atoms with Crippen molar-refractivity contribution in [1.82, 2.24) is 5.32 Å². The molecule has 1 unspecified atom stereocenters. The minimum absolute atomic E-state index is 0.0337. The molecule has 0 heterocycles. The normalized spacial score (nSPS) is 12.4. The number of rotatable bonds is 11. The van der Waals surface area contributed by atoms with Gasteiger partial charge in [-0.25, -0.2) is 0 Å². The third-order valence-corrected chi connectivity index (χ3v) is 2.86. The molecule has 3 heteroatoms. The van der Waals surface area contributed by atoms with Crippen LogP contribution >= 0.6 is 0 Å². The number of nitrogens with one attached hydrogen (secondary N) is 1. The molecular formula is C14H30N2O.